The maximum absolute atomic E-state index is 6.04. The van der Waals surface area contributed by atoms with Crippen molar-refractivity contribution in [2.75, 3.05) is 6.54 Å². The van der Waals surface area contributed by atoms with Crippen LogP contribution in [0.1, 0.15) is 24.1 Å². The SMILES string of the molecule is CCNC(Cc1ccc(Cl)c(Cl)c1)c1cncnc1. The lowest BCUT2D eigenvalue weighted by Crippen LogP contribution is -2.23. The maximum Gasteiger partial charge on any atom is 0.115 e. The van der Waals surface area contributed by atoms with Gasteiger partial charge in [-0.15, -0.1) is 0 Å². The molecule has 2 aromatic rings. The Morgan fingerprint density at radius 3 is 2.53 bits per heavy atom. The fraction of sp³-hybridized carbons (Fsp3) is 0.286. The Bertz CT molecular complexity index is 531. The number of hydrogen-bond acceptors (Lipinski definition) is 3. The molecule has 1 atom stereocenters. The Morgan fingerprint density at radius 1 is 1.16 bits per heavy atom. The number of aromatic nitrogens is 2. The minimum Gasteiger partial charge on any atom is -0.310 e. The molecule has 1 aromatic heterocycles. The predicted molar refractivity (Wildman–Crippen MR) is 78.6 cm³/mol. The summed E-state index contributed by atoms with van der Waals surface area (Å²) in [7, 11) is 0. The first-order chi connectivity index (χ1) is 9.20. The van der Waals surface area contributed by atoms with Gasteiger partial charge in [-0.25, -0.2) is 9.97 Å². The van der Waals surface area contributed by atoms with Crippen LogP contribution in [0, 0.1) is 0 Å². The zero-order valence-electron chi connectivity index (χ0n) is 10.6. The molecule has 1 N–H and O–H groups in total. The summed E-state index contributed by atoms with van der Waals surface area (Å²) in [4.78, 5) is 8.13. The van der Waals surface area contributed by atoms with Gasteiger partial charge in [-0.1, -0.05) is 36.2 Å². The monoisotopic (exact) mass is 295 g/mol. The average molecular weight is 296 g/mol. The predicted octanol–water partition coefficient (Wildman–Crippen LogP) is 3.68. The van der Waals surface area contributed by atoms with Gasteiger partial charge in [-0.05, 0) is 30.7 Å². The molecular weight excluding hydrogens is 281 g/mol. The molecule has 0 aliphatic heterocycles. The molecular formula is C14H15Cl2N3. The fourth-order valence-electron chi connectivity index (χ4n) is 1.95. The summed E-state index contributed by atoms with van der Waals surface area (Å²) in [5.41, 5.74) is 2.19. The van der Waals surface area contributed by atoms with Crippen molar-refractivity contribution < 1.29 is 0 Å². The molecule has 100 valence electrons. The standard InChI is InChI=1S/C14H15Cl2N3/c1-2-19-14(11-7-17-9-18-8-11)6-10-3-4-12(15)13(16)5-10/h3-5,7-9,14,19H,2,6H2,1H3. The van der Waals surface area contributed by atoms with Crippen LogP contribution in [0.5, 0.6) is 0 Å². The summed E-state index contributed by atoms with van der Waals surface area (Å²) in [6, 6.07) is 5.88. The second-order valence-corrected chi connectivity index (χ2v) is 5.05. The Balaban J connectivity index is 2.19. The summed E-state index contributed by atoms with van der Waals surface area (Å²) in [6.45, 7) is 2.95. The van der Waals surface area contributed by atoms with E-state index in [0.29, 0.717) is 10.0 Å². The molecule has 1 aromatic carbocycles. The molecule has 0 bridgehead atoms. The molecule has 5 heteroatoms. The van der Waals surface area contributed by atoms with E-state index in [-0.39, 0.29) is 6.04 Å². The number of rotatable bonds is 5. The zero-order chi connectivity index (χ0) is 13.7. The molecule has 0 aliphatic carbocycles. The van der Waals surface area contributed by atoms with Crippen LogP contribution in [0.25, 0.3) is 0 Å². The van der Waals surface area contributed by atoms with Gasteiger partial charge in [0.2, 0.25) is 0 Å². The molecule has 0 spiro atoms. The molecule has 0 saturated heterocycles. The van der Waals surface area contributed by atoms with Gasteiger partial charge in [0.15, 0.2) is 0 Å². The van der Waals surface area contributed by atoms with Crippen molar-refractivity contribution in [1.82, 2.24) is 15.3 Å². The number of nitrogens with one attached hydrogen (secondary N) is 1. The lowest BCUT2D eigenvalue weighted by atomic mass is 10.0. The zero-order valence-corrected chi connectivity index (χ0v) is 12.1. The van der Waals surface area contributed by atoms with Crippen molar-refractivity contribution in [1.29, 1.82) is 0 Å². The van der Waals surface area contributed by atoms with Crippen LogP contribution in [0.3, 0.4) is 0 Å². The highest BCUT2D eigenvalue weighted by molar-refractivity contribution is 6.42. The number of hydrogen-bond donors (Lipinski definition) is 1. The third-order valence-corrected chi connectivity index (χ3v) is 3.60. The van der Waals surface area contributed by atoms with Crippen molar-refractivity contribution >= 4 is 23.2 Å². The molecule has 0 aliphatic rings. The molecule has 1 heterocycles. The average Bonchev–Trinajstić information content (AvgIpc) is 2.43. The first-order valence-electron chi connectivity index (χ1n) is 6.13. The van der Waals surface area contributed by atoms with E-state index in [1.807, 2.05) is 30.6 Å². The van der Waals surface area contributed by atoms with Crippen molar-refractivity contribution in [3.8, 4) is 0 Å². The minimum atomic E-state index is 0.170. The second-order valence-electron chi connectivity index (χ2n) is 4.23. The van der Waals surface area contributed by atoms with E-state index < -0.39 is 0 Å². The molecule has 2 rings (SSSR count). The van der Waals surface area contributed by atoms with Gasteiger partial charge in [0.25, 0.3) is 0 Å². The van der Waals surface area contributed by atoms with Gasteiger partial charge >= 0.3 is 0 Å². The fourth-order valence-corrected chi connectivity index (χ4v) is 2.27. The third-order valence-electron chi connectivity index (χ3n) is 2.86. The smallest absolute Gasteiger partial charge is 0.115 e. The van der Waals surface area contributed by atoms with Gasteiger partial charge in [-0.2, -0.15) is 0 Å². The molecule has 0 fully saturated rings. The first kappa shape index (κ1) is 14.3. The van der Waals surface area contributed by atoms with E-state index >= 15 is 0 Å². The summed E-state index contributed by atoms with van der Waals surface area (Å²) < 4.78 is 0. The van der Waals surface area contributed by atoms with Gasteiger partial charge in [-0.3, -0.25) is 0 Å². The highest BCUT2D eigenvalue weighted by Gasteiger charge is 2.12. The molecule has 1 unspecified atom stereocenters. The van der Waals surface area contributed by atoms with Crippen LogP contribution >= 0.6 is 23.2 Å². The van der Waals surface area contributed by atoms with Crippen LogP contribution in [0.4, 0.5) is 0 Å². The lowest BCUT2D eigenvalue weighted by molar-refractivity contribution is 0.546. The number of benzene rings is 1. The van der Waals surface area contributed by atoms with Gasteiger partial charge < -0.3 is 5.32 Å². The van der Waals surface area contributed by atoms with Crippen LogP contribution < -0.4 is 5.32 Å². The maximum atomic E-state index is 6.04. The Hall–Kier alpha value is -1.16. The summed E-state index contributed by atoms with van der Waals surface area (Å²) in [6.07, 6.45) is 6.01. The van der Waals surface area contributed by atoms with E-state index in [0.717, 1.165) is 24.1 Å². The van der Waals surface area contributed by atoms with Crippen molar-refractivity contribution in [3.63, 3.8) is 0 Å². The van der Waals surface area contributed by atoms with E-state index in [1.54, 1.807) is 0 Å². The van der Waals surface area contributed by atoms with E-state index in [1.165, 1.54) is 6.33 Å². The number of nitrogens with zero attached hydrogens (tertiary/aromatic N) is 2. The molecule has 0 saturated carbocycles. The molecule has 3 nitrogen and oxygen atoms in total. The number of halogens is 2. The van der Waals surface area contributed by atoms with E-state index in [4.69, 9.17) is 23.2 Å². The molecule has 0 amide bonds. The largest absolute Gasteiger partial charge is 0.310 e. The quantitative estimate of drug-likeness (QED) is 0.914. The summed E-state index contributed by atoms with van der Waals surface area (Å²) >= 11 is 12.0. The lowest BCUT2D eigenvalue weighted by Gasteiger charge is -2.18. The molecule has 0 radical (unpaired) electrons. The summed E-state index contributed by atoms with van der Waals surface area (Å²) in [5.74, 6) is 0. The van der Waals surface area contributed by atoms with E-state index in [2.05, 4.69) is 22.2 Å². The first-order valence-corrected chi connectivity index (χ1v) is 6.88. The Kier molecular flexibility index (Phi) is 5.14. The normalized spacial score (nSPS) is 12.4. The van der Waals surface area contributed by atoms with Crippen molar-refractivity contribution in [2.24, 2.45) is 0 Å². The van der Waals surface area contributed by atoms with Crippen molar-refractivity contribution in [2.45, 2.75) is 19.4 Å². The summed E-state index contributed by atoms with van der Waals surface area (Å²) in [5, 5.41) is 4.58. The van der Waals surface area contributed by atoms with Crippen LogP contribution in [0.15, 0.2) is 36.9 Å². The van der Waals surface area contributed by atoms with Gasteiger partial charge in [0.05, 0.1) is 10.0 Å². The number of likely N-dealkylation sites (N-methyl/N-ethyl adjacent to an activating group) is 1. The van der Waals surface area contributed by atoms with Crippen molar-refractivity contribution in [3.05, 3.63) is 58.1 Å². The topological polar surface area (TPSA) is 37.8 Å². The molecule has 19 heavy (non-hydrogen) atoms. The van der Waals surface area contributed by atoms with Crippen LogP contribution in [-0.2, 0) is 6.42 Å². The van der Waals surface area contributed by atoms with Gasteiger partial charge in [0.1, 0.15) is 6.33 Å². The highest BCUT2D eigenvalue weighted by atomic mass is 35.5. The van der Waals surface area contributed by atoms with Crippen LogP contribution in [-0.4, -0.2) is 16.5 Å². The Morgan fingerprint density at radius 2 is 1.89 bits per heavy atom. The second kappa shape index (κ2) is 6.85. The van der Waals surface area contributed by atoms with Gasteiger partial charge in [0, 0.05) is 24.0 Å². The highest BCUT2D eigenvalue weighted by Crippen LogP contribution is 2.25. The Labute approximate surface area is 123 Å². The van der Waals surface area contributed by atoms with E-state index in [9.17, 15) is 0 Å². The minimum absolute atomic E-state index is 0.170. The van der Waals surface area contributed by atoms with Crippen LogP contribution in [0.2, 0.25) is 10.0 Å². The third kappa shape index (κ3) is 3.90.